The van der Waals surface area contributed by atoms with E-state index in [-0.39, 0.29) is 11.4 Å². The highest BCUT2D eigenvalue weighted by Gasteiger charge is 2.06. The molecular formula is C26H20N2O5. The van der Waals surface area contributed by atoms with Gasteiger partial charge in [-0.3, -0.25) is 20.2 Å². The molecule has 0 aromatic heterocycles. The molecule has 0 heterocycles. The molecule has 164 valence electrons. The molecule has 0 fully saturated rings. The Morgan fingerprint density at radius 1 is 0.485 bits per heavy atom. The lowest BCUT2D eigenvalue weighted by atomic mass is 10.0. The van der Waals surface area contributed by atoms with Crippen molar-refractivity contribution in [3.8, 4) is 11.5 Å². The predicted octanol–water partition coefficient (Wildman–Crippen LogP) is 6.48. The van der Waals surface area contributed by atoms with Gasteiger partial charge in [0, 0.05) is 24.3 Å². The highest BCUT2D eigenvalue weighted by Crippen LogP contribution is 2.24. The Kier molecular flexibility index (Phi) is 6.40. The van der Waals surface area contributed by atoms with Gasteiger partial charge in [-0.2, -0.15) is 0 Å². The quantitative estimate of drug-likeness (QED) is 0.231. The molecule has 0 atom stereocenters. The maximum absolute atomic E-state index is 10.8. The van der Waals surface area contributed by atoms with Crippen LogP contribution in [0.25, 0.3) is 0 Å². The van der Waals surface area contributed by atoms with Crippen molar-refractivity contribution in [1.29, 1.82) is 0 Å². The normalized spacial score (nSPS) is 10.5. The summed E-state index contributed by atoms with van der Waals surface area (Å²) < 4.78 is 5.92. The van der Waals surface area contributed by atoms with Crippen LogP contribution in [0.2, 0.25) is 0 Å². The Balaban J connectivity index is 1.34. The fourth-order valence-electron chi connectivity index (χ4n) is 3.43. The third kappa shape index (κ3) is 5.80. The first-order chi connectivity index (χ1) is 16.0. The minimum absolute atomic E-state index is 0.0845. The van der Waals surface area contributed by atoms with Crippen LogP contribution < -0.4 is 4.74 Å². The molecule has 7 nitrogen and oxygen atoms in total. The van der Waals surface area contributed by atoms with Gasteiger partial charge in [0.1, 0.15) is 11.5 Å². The molecule has 0 N–H and O–H groups in total. The molecule has 4 rings (SSSR count). The van der Waals surface area contributed by atoms with E-state index in [1.807, 2.05) is 48.5 Å². The summed E-state index contributed by atoms with van der Waals surface area (Å²) in [5.74, 6) is 1.43. The van der Waals surface area contributed by atoms with E-state index in [9.17, 15) is 20.2 Å². The maximum atomic E-state index is 10.8. The number of nitro groups is 2. The summed E-state index contributed by atoms with van der Waals surface area (Å²) in [6.45, 7) is 0. The van der Waals surface area contributed by atoms with E-state index in [2.05, 4.69) is 0 Å². The largest absolute Gasteiger partial charge is 0.457 e. The van der Waals surface area contributed by atoms with Gasteiger partial charge >= 0.3 is 0 Å². The molecule has 0 aliphatic heterocycles. The van der Waals surface area contributed by atoms with Crippen LogP contribution in [-0.2, 0) is 12.8 Å². The zero-order valence-corrected chi connectivity index (χ0v) is 17.6. The average Bonchev–Trinajstić information content (AvgIpc) is 2.82. The van der Waals surface area contributed by atoms with Crippen molar-refractivity contribution < 1.29 is 14.6 Å². The van der Waals surface area contributed by atoms with Crippen molar-refractivity contribution in [1.82, 2.24) is 0 Å². The fraction of sp³-hybridized carbons (Fsp3) is 0.0769. The van der Waals surface area contributed by atoms with Gasteiger partial charge in [0.15, 0.2) is 0 Å². The number of hydrogen-bond donors (Lipinski definition) is 0. The van der Waals surface area contributed by atoms with Gasteiger partial charge in [-0.1, -0.05) is 48.5 Å². The highest BCUT2D eigenvalue weighted by atomic mass is 16.6. The number of benzene rings is 4. The third-order valence-corrected chi connectivity index (χ3v) is 5.19. The van der Waals surface area contributed by atoms with Gasteiger partial charge in [-0.05, 0) is 59.4 Å². The number of nitro benzene ring substituents is 2. The average molecular weight is 440 g/mol. The Morgan fingerprint density at radius 3 is 1.03 bits per heavy atom. The Labute approximate surface area is 190 Å². The molecule has 0 amide bonds. The van der Waals surface area contributed by atoms with Gasteiger partial charge in [-0.25, -0.2) is 0 Å². The summed E-state index contributed by atoms with van der Waals surface area (Å²) in [4.78, 5) is 20.7. The van der Waals surface area contributed by atoms with Crippen LogP contribution in [0.4, 0.5) is 11.4 Å². The minimum atomic E-state index is -0.405. The lowest BCUT2D eigenvalue weighted by molar-refractivity contribution is -0.385. The van der Waals surface area contributed by atoms with Crippen LogP contribution in [0.1, 0.15) is 22.3 Å². The summed E-state index contributed by atoms with van der Waals surface area (Å²) in [5.41, 5.74) is 4.32. The van der Waals surface area contributed by atoms with Crippen molar-refractivity contribution in [2.24, 2.45) is 0 Å². The summed E-state index contributed by atoms with van der Waals surface area (Å²) >= 11 is 0. The lowest BCUT2D eigenvalue weighted by Crippen LogP contribution is -1.92. The molecule has 0 aliphatic rings. The Bertz CT molecular complexity index is 1150. The Hall–Kier alpha value is -4.52. The van der Waals surface area contributed by atoms with Gasteiger partial charge in [-0.15, -0.1) is 0 Å². The molecule has 0 saturated carbocycles. The second kappa shape index (κ2) is 9.74. The molecule has 4 aromatic rings. The second-order valence-electron chi connectivity index (χ2n) is 7.59. The van der Waals surface area contributed by atoms with Crippen molar-refractivity contribution in [3.63, 3.8) is 0 Å². The molecule has 0 saturated heterocycles. The van der Waals surface area contributed by atoms with Crippen LogP contribution >= 0.6 is 0 Å². The number of non-ortho nitro benzene ring substituents is 2. The number of hydrogen-bond acceptors (Lipinski definition) is 5. The summed E-state index contributed by atoms with van der Waals surface area (Å²) in [6.07, 6.45) is 1.35. The van der Waals surface area contributed by atoms with Gasteiger partial charge in [0.2, 0.25) is 0 Å². The van der Waals surface area contributed by atoms with E-state index >= 15 is 0 Å². The van der Waals surface area contributed by atoms with Crippen molar-refractivity contribution >= 4 is 11.4 Å². The SMILES string of the molecule is O=[N+]([O-])c1ccc(Cc2ccc(Oc3ccc(Cc4ccc([N+](=O)[O-])cc4)cc3)cc2)cc1. The smallest absolute Gasteiger partial charge is 0.269 e. The van der Waals surface area contributed by atoms with Crippen molar-refractivity contribution in [3.05, 3.63) is 140 Å². The zero-order valence-electron chi connectivity index (χ0n) is 17.6. The summed E-state index contributed by atoms with van der Waals surface area (Å²) in [5, 5.41) is 21.5. The van der Waals surface area contributed by atoms with Crippen molar-refractivity contribution in [2.45, 2.75) is 12.8 Å². The lowest BCUT2D eigenvalue weighted by Gasteiger charge is -2.08. The maximum Gasteiger partial charge on any atom is 0.269 e. The van der Waals surface area contributed by atoms with Crippen LogP contribution in [0, 0.1) is 20.2 Å². The van der Waals surface area contributed by atoms with E-state index in [0.717, 1.165) is 22.3 Å². The van der Waals surface area contributed by atoms with Crippen LogP contribution in [-0.4, -0.2) is 9.85 Å². The third-order valence-electron chi connectivity index (χ3n) is 5.19. The number of ether oxygens (including phenoxy) is 1. The van der Waals surface area contributed by atoms with E-state index < -0.39 is 9.85 Å². The highest BCUT2D eigenvalue weighted by molar-refractivity contribution is 5.40. The van der Waals surface area contributed by atoms with E-state index in [1.54, 1.807) is 24.3 Å². The molecule has 0 bridgehead atoms. The van der Waals surface area contributed by atoms with Gasteiger partial charge in [0.05, 0.1) is 9.85 Å². The Morgan fingerprint density at radius 2 is 0.758 bits per heavy atom. The first-order valence-electron chi connectivity index (χ1n) is 10.3. The first kappa shape index (κ1) is 21.7. The monoisotopic (exact) mass is 440 g/mol. The van der Waals surface area contributed by atoms with Crippen LogP contribution in [0.3, 0.4) is 0 Å². The molecule has 4 aromatic carbocycles. The predicted molar refractivity (Wildman–Crippen MR) is 125 cm³/mol. The minimum Gasteiger partial charge on any atom is -0.457 e. The summed E-state index contributed by atoms with van der Waals surface area (Å²) in [7, 11) is 0. The molecular weight excluding hydrogens is 420 g/mol. The molecule has 0 spiro atoms. The first-order valence-corrected chi connectivity index (χ1v) is 10.3. The molecule has 7 heteroatoms. The standard InChI is InChI=1S/C26H20N2O5/c29-27(30)23-9-1-19(2-10-23)17-21-5-13-25(14-6-21)33-26-15-7-22(8-16-26)18-20-3-11-24(12-4-20)28(31)32/h1-16H,17-18H2. The second-order valence-corrected chi connectivity index (χ2v) is 7.59. The molecule has 0 radical (unpaired) electrons. The van der Waals surface area contributed by atoms with Gasteiger partial charge in [0.25, 0.3) is 11.4 Å². The zero-order chi connectivity index (χ0) is 23.2. The van der Waals surface area contributed by atoms with Crippen molar-refractivity contribution in [2.75, 3.05) is 0 Å². The van der Waals surface area contributed by atoms with Gasteiger partial charge < -0.3 is 4.74 Å². The molecule has 33 heavy (non-hydrogen) atoms. The number of nitrogens with zero attached hydrogens (tertiary/aromatic N) is 2. The topological polar surface area (TPSA) is 95.5 Å². The van der Waals surface area contributed by atoms with E-state index in [0.29, 0.717) is 24.3 Å². The van der Waals surface area contributed by atoms with Crippen LogP contribution in [0.5, 0.6) is 11.5 Å². The van der Waals surface area contributed by atoms with E-state index in [4.69, 9.17) is 4.74 Å². The molecule has 0 aliphatic carbocycles. The molecule has 0 unspecified atom stereocenters. The van der Waals surface area contributed by atoms with Crippen LogP contribution in [0.15, 0.2) is 97.1 Å². The van der Waals surface area contributed by atoms with E-state index in [1.165, 1.54) is 24.3 Å². The fourth-order valence-corrected chi connectivity index (χ4v) is 3.43. The number of rotatable bonds is 8. The summed E-state index contributed by atoms with van der Waals surface area (Å²) in [6, 6.07) is 28.6.